The van der Waals surface area contributed by atoms with E-state index in [2.05, 4.69) is 14.8 Å². The zero-order valence-corrected chi connectivity index (χ0v) is 22.6. The number of alkyl halides is 2. The number of ether oxygens (including phenoxy) is 2. The Morgan fingerprint density at radius 3 is 2.17 bits per heavy atom. The average molecular weight is 570 g/mol. The predicted molar refractivity (Wildman–Crippen MR) is 151 cm³/mol. The molecule has 0 saturated heterocycles. The van der Waals surface area contributed by atoms with E-state index in [9.17, 15) is 28.9 Å². The van der Waals surface area contributed by atoms with Crippen LogP contribution in [0.25, 0.3) is 10.9 Å². The number of halogens is 3. The van der Waals surface area contributed by atoms with E-state index in [4.69, 9.17) is 39.2 Å². The number of amides is 1. The van der Waals surface area contributed by atoms with Crippen molar-refractivity contribution in [3.8, 4) is 11.5 Å². The van der Waals surface area contributed by atoms with Crippen LogP contribution >= 0.6 is 0 Å². The van der Waals surface area contributed by atoms with Crippen molar-refractivity contribution < 1.29 is 42.8 Å². The van der Waals surface area contributed by atoms with Gasteiger partial charge in [0.25, 0.3) is 0 Å². The molecule has 42 heavy (non-hydrogen) atoms. The molecule has 8 nitrogen and oxygen atoms in total. The molecule has 1 aliphatic carbocycles. The van der Waals surface area contributed by atoms with Gasteiger partial charge in [0.1, 0.15) is 45.0 Å². The summed E-state index contributed by atoms with van der Waals surface area (Å²) < 4.78 is 52.6. The SMILES string of the molecule is [B]C([B])(O)C([B])(O)Cn1c(C(C)(C)C([B])([B])O)cc2cc(NC(=O)C3(c4ccc5c(c4)OC(F)(F)O5)CC3)c(F)cc21. The van der Waals surface area contributed by atoms with E-state index in [1.807, 2.05) is 0 Å². The predicted octanol–water partition coefficient (Wildman–Crippen LogP) is 0.873. The van der Waals surface area contributed by atoms with Crippen LogP contribution in [0.15, 0.2) is 36.4 Å². The Hall–Kier alpha value is -2.96. The molecule has 1 unspecified atom stereocenters. The van der Waals surface area contributed by atoms with Crippen LogP contribution in [-0.2, 0) is 22.2 Å². The van der Waals surface area contributed by atoms with Crippen molar-refractivity contribution >= 4 is 61.7 Å². The first-order valence-electron chi connectivity index (χ1n) is 12.7. The zero-order chi connectivity index (χ0) is 31.3. The summed E-state index contributed by atoms with van der Waals surface area (Å²) in [4.78, 5) is 13.4. The highest BCUT2D eigenvalue weighted by molar-refractivity contribution is 6.43. The van der Waals surface area contributed by atoms with Gasteiger partial charge in [-0.3, -0.25) is 4.79 Å². The molecular weight excluding hydrogens is 547 g/mol. The molecule has 0 spiro atoms. The van der Waals surface area contributed by atoms with E-state index in [1.165, 1.54) is 48.7 Å². The molecule has 1 fully saturated rings. The second-order valence-electron chi connectivity index (χ2n) is 11.6. The number of hydrogen-bond donors (Lipinski definition) is 4. The fourth-order valence-corrected chi connectivity index (χ4v) is 4.90. The summed E-state index contributed by atoms with van der Waals surface area (Å²) >= 11 is 0. The van der Waals surface area contributed by atoms with Crippen LogP contribution in [-0.4, -0.2) is 87.6 Å². The summed E-state index contributed by atoms with van der Waals surface area (Å²) in [6.07, 6.45) is -3.08. The lowest BCUT2D eigenvalue weighted by molar-refractivity contribution is -0.286. The summed E-state index contributed by atoms with van der Waals surface area (Å²) in [6.45, 7) is 2.26. The van der Waals surface area contributed by atoms with Crippen molar-refractivity contribution in [1.82, 2.24) is 4.57 Å². The number of rotatable bonds is 8. The summed E-state index contributed by atoms with van der Waals surface area (Å²) in [5, 5.41) is 28.9. The van der Waals surface area contributed by atoms with Crippen molar-refractivity contribution in [3.05, 3.63) is 53.5 Å². The molecule has 1 aromatic heterocycles. The quantitative estimate of drug-likeness (QED) is 0.300. The van der Waals surface area contributed by atoms with Crippen LogP contribution in [0.1, 0.15) is 37.9 Å². The van der Waals surface area contributed by atoms with Crippen molar-refractivity contribution in [2.75, 3.05) is 5.32 Å². The van der Waals surface area contributed by atoms with Crippen LogP contribution in [0, 0.1) is 5.82 Å². The lowest BCUT2D eigenvalue weighted by Crippen LogP contribution is -2.59. The fourth-order valence-electron chi connectivity index (χ4n) is 4.90. The maximum atomic E-state index is 15.5. The molecule has 2 aliphatic rings. The number of hydrogen-bond acceptors (Lipinski definition) is 6. The maximum absolute atomic E-state index is 15.5. The van der Waals surface area contributed by atoms with Crippen LogP contribution in [0.4, 0.5) is 18.9 Å². The molecule has 1 saturated carbocycles. The van der Waals surface area contributed by atoms with E-state index < -0.39 is 51.7 Å². The van der Waals surface area contributed by atoms with Crippen molar-refractivity contribution in [1.29, 1.82) is 0 Å². The topological polar surface area (TPSA) is 113 Å². The number of aliphatic hydroxyl groups is 3. The second kappa shape index (κ2) is 9.27. The third-order valence-corrected chi connectivity index (χ3v) is 8.11. The highest BCUT2D eigenvalue weighted by Gasteiger charge is 2.53. The molecule has 208 valence electrons. The Balaban J connectivity index is 1.52. The maximum Gasteiger partial charge on any atom is 0.586 e. The van der Waals surface area contributed by atoms with Gasteiger partial charge in [0.2, 0.25) is 5.91 Å². The minimum atomic E-state index is -3.82. The first-order chi connectivity index (χ1) is 19.1. The Morgan fingerprint density at radius 1 is 0.976 bits per heavy atom. The zero-order valence-electron chi connectivity index (χ0n) is 22.6. The highest BCUT2D eigenvalue weighted by Crippen LogP contribution is 2.52. The molecule has 10 radical (unpaired) electrons. The summed E-state index contributed by atoms with van der Waals surface area (Å²) in [5.74, 6) is -1.87. The fraction of sp³-hybridized carbons (Fsp3) is 0.423. The minimum Gasteiger partial charge on any atom is -0.408 e. The Kier molecular flexibility index (Phi) is 6.73. The third-order valence-electron chi connectivity index (χ3n) is 8.11. The van der Waals surface area contributed by atoms with Crippen molar-refractivity contribution in [2.45, 2.75) is 66.7 Å². The van der Waals surface area contributed by atoms with Gasteiger partial charge in [0, 0.05) is 34.5 Å². The normalized spacial score (nSPS) is 19.0. The second-order valence-corrected chi connectivity index (χ2v) is 11.6. The van der Waals surface area contributed by atoms with Gasteiger partial charge in [-0.05, 0) is 48.1 Å². The number of carbonyl (C=O) groups is 1. The van der Waals surface area contributed by atoms with Gasteiger partial charge in [-0.25, -0.2) is 4.39 Å². The van der Waals surface area contributed by atoms with E-state index in [0.717, 1.165) is 6.07 Å². The molecule has 4 N–H and O–H groups in total. The number of fused-ring (bicyclic) bond motifs is 2. The van der Waals surface area contributed by atoms with Crippen molar-refractivity contribution in [3.63, 3.8) is 0 Å². The van der Waals surface area contributed by atoms with E-state index in [-0.39, 0.29) is 28.4 Å². The van der Waals surface area contributed by atoms with Crippen LogP contribution < -0.4 is 14.8 Å². The molecule has 16 heteroatoms. The van der Waals surface area contributed by atoms with Crippen LogP contribution in [0.3, 0.4) is 0 Å². The third kappa shape index (κ3) is 5.01. The standard InChI is InChI=1S/C26H22B5F3N2O6/c1-21(2,24(28,29)39)19-8-12-7-15(14(32)10-16(12)36(19)11-23(27,38)25(30,31)40)35-20(37)22(5-6-22)13-3-4-17-18(9-13)42-26(33,34)41-17/h3-4,7-10,38-40H,5-6,11H2,1-2H3,(H,35,37). The van der Waals surface area contributed by atoms with Gasteiger partial charge < -0.3 is 34.7 Å². The van der Waals surface area contributed by atoms with Gasteiger partial charge in [-0.15, -0.1) is 8.78 Å². The Labute approximate surface area is 246 Å². The number of aromatic nitrogens is 1. The van der Waals surface area contributed by atoms with Gasteiger partial charge in [0.05, 0.1) is 22.1 Å². The highest BCUT2D eigenvalue weighted by atomic mass is 19.3. The Morgan fingerprint density at radius 2 is 1.60 bits per heavy atom. The van der Waals surface area contributed by atoms with E-state index in [0.29, 0.717) is 23.8 Å². The van der Waals surface area contributed by atoms with E-state index >= 15 is 4.39 Å². The van der Waals surface area contributed by atoms with Crippen molar-refractivity contribution in [2.24, 2.45) is 0 Å². The molecule has 1 amide bonds. The molecular formula is C26H22B5F3N2O6. The molecule has 1 atom stereocenters. The first-order valence-corrected chi connectivity index (χ1v) is 12.7. The van der Waals surface area contributed by atoms with Gasteiger partial charge >= 0.3 is 6.29 Å². The minimum absolute atomic E-state index is 0.101. The number of nitrogens with one attached hydrogen (secondary N) is 1. The number of benzene rings is 2. The largest absolute Gasteiger partial charge is 0.586 e. The smallest absolute Gasteiger partial charge is 0.408 e. The van der Waals surface area contributed by atoms with Gasteiger partial charge in [-0.2, -0.15) is 0 Å². The van der Waals surface area contributed by atoms with Crippen LogP contribution in [0.2, 0.25) is 0 Å². The summed E-state index contributed by atoms with van der Waals surface area (Å²) in [6, 6.07) is 7.84. The van der Waals surface area contributed by atoms with Crippen LogP contribution in [0.5, 0.6) is 11.5 Å². The first kappa shape index (κ1) is 30.5. The molecule has 3 aromatic rings. The average Bonchev–Trinajstić information content (AvgIpc) is 3.49. The van der Waals surface area contributed by atoms with E-state index in [1.54, 1.807) is 0 Å². The van der Waals surface area contributed by atoms with Gasteiger partial charge in [0.15, 0.2) is 11.5 Å². The monoisotopic (exact) mass is 570 g/mol. The molecule has 0 bridgehead atoms. The number of carbonyl (C=O) groups excluding carboxylic acids is 1. The summed E-state index contributed by atoms with van der Waals surface area (Å²) in [7, 11) is 28.3. The molecule has 1 aliphatic heterocycles. The lowest BCUT2D eigenvalue weighted by atomic mass is 9.49. The number of anilines is 1. The molecule has 2 heterocycles. The van der Waals surface area contributed by atoms with Gasteiger partial charge in [-0.1, -0.05) is 19.9 Å². The molecule has 2 aromatic carbocycles. The Bertz CT molecular complexity index is 1600. The molecule has 5 rings (SSSR count). The lowest BCUT2D eigenvalue weighted by Gasteiger charge is -2.42. The number of nitrogens with zero attached hydrogens (tertiary/aromatic N) is 1. The summed E-state index contributed by atoms with van der Waals surface area (Å²) in [5.41, 5.74) is -4.81.